The average molecular weight is 245 g/mol. The number of amides is 1. The lowest BCUT2D eigenvalue weighted by molar-refractivity contribution is -0.124. The number of hydrogen-bond acceptors (Lipinski definition) is 3. The van der Waals surface area contributed by atoms with Crippen molar-refractivity contribution in [1.29, 1.82) is 0 Å². The maximum Gasteiger partial charge on any atom is 0.247 e. The van der Waals surface area contributed by atoms with Crippen molar-refractivity contribution in [2.75, 3.05) is 24.7 Å². The van der Waals surface area contributed by atoms with E-state index in [0.29, 0.717) is 6.67 Å². The van der Waals surface area contributed by atoms with Gasteiger partial charge < -0.3 is 15.5 Å². The molecule has 2 fully saturated rings. The molecule has 1 aromatic carbocycles. The van der Waals surface area contributed by atoms with Crippen LogP contribution >= 0.6 is 0 Å². The van der Waals surface area contributed by atoms with Gasteiger partial charge in [0.2, 0.25) is 5.91 Å². The van der Waals surface area contributed by atoms with Gasteiger partial charge in [-0.2, -0.15) is 0 Å². The molecule has 0 unspecified atom stereocenters. The smallest absolute Gasteiger partial charge is 0.247 e. The van der Waals surface area contributed by atoms with Gasteiger partial charge >= 0.3 is 0 Å². The van der Waals surface area contributed by atoms with Gasteiger partial charge in [-0.05, 0) is 44.5 Å². The maximum atomic E-state index is 12.3. The Bertz CT molecular complexity index is 466. The standard InChI is InChI=1S/C14H19N3O/c1-11-4-2-3-5-12(11)17-10-16-13(18)14(17)6-8-15-9-7-14/h2-5,15H,6-10H2,1H3,(H,16,18). The van der Waals surface area contributed by atoms with Crippen LogP contribution in [0, 0.1) is 6.92 Å². The van der Waals surface area contributed by atoms with Gasteiger partial charge in [0, 0.05) is 5.69 Å². The van der Waals surface area contributed by atoms with E-state index >= 15 is 0 Å². The summed E-state index contributed by atoms with van der Waals surface area (Å²) in [4.78, 5) is 14.5. The second kappa shape index (κ2) is 4.28. The summed E-state index contributed by atoms with van der Waals surface area (Å²) in [6.07, 6.45) is 1.76. The first kappa shape index (κ1) is 11.5. The number of piperidine rings is 1. The van der Waals surface area contributed by atoms with Crippen LogP contribution in [0.3, 0.4) is 0 Å². The number of carbonyl (C=O) groups excluding carboxylic acids is 1. The molecule has 2 saturated heterocycles. The van der Waals surface area contributed by atoms with E-state index < -0.39 is 0 Å². The molecule has 3 rings (SSSR count). The summed E-state index contributed by atoms with van der Waals surface area (Å²) in [7, 11) is 0. The first-order chi connectivity index (χ1) is 8.74. The van der Waals surface area contributed by atoms with Crippen molar-refractivity contribution < 1.29 is 4.79 Å². The molecule has 0 aromatic heterocycles. The SMILES string of the molecule is Cc1ccccc1N1CNC(=O)C12CCNCC2. The molecular weight excluding hydrogens is 226 g/mol. The molecule has 4 nitrogen and oxygen atoms in total. The first-order valence-corrected chi connectivity index (χ1v) is 6.56. The quantitative estimate of drug-likeness (QED) is 0.776. The predicted molar refractivity (Wildman–Crippen MR) is 71.5 cm³/mol. The molecule has 0 saturated carbocycles. The van der Waals surface area contributed by atoms with Crippen molar-refractivity contribution in [3.8, 4) is 0 Å². The highest BCUT2D eigenvalue weighted by atomic mass is 16.2. The van der Waals surface area contributed by atoms with Gasteiger partial charge in [0.1, 0.15) is 5.54 Å². The lowest BCUT2D eigenvalue weighted by Gasteiger charge is -2.40. The van der Waals surface area contributed by atoms with Crippen LogP contribution in [-0.2, 0) is 4.79 Å². The third kappa shape index (κ3) is 1.60. The topological polar surface area (TPSA) is 44.4 Å². The molecule has 4 heteroatoms. The summed E-state index contributed by atoms with van der Waals surface area (Å²) < 4.78 is 0. The molecule has 0 bridgehead atoms. The Kier molecular flexibility index (Phi) is 2.74. The highest BCUT2D eigenvalue weighted by Gasteiger charge is 2.49. The Hall–Kier alpha value is -1.55. The number of hydrogen-bond donors (Lipinski definition) is 2. The van der Waals surface area contributed by atoms with Crippen molar-refractivity contribution in [2.24, 2.45) is 0 Å². The summed E-state index contributed by atoms with van der Waals surface area (Å²) in [6, 6.07) is 8.30. The highest BCUT2D eigenvalue weighted by Crippen LogP contribution is 2.35. The number of rotatable bonds is 1. The van der Waals surface area contributed by atoms with Crippen molar-refractivity contribution in [2.45, 2.75) is 25.3 Å². The maximum absolute atomic E-state index is 12.3. The molecule has 2 N–H and O–H groups in total. The fraction of sp³-hybridized carbons (Fsp3) is 0.500. The summed E-state index contributed by atoms with van der Waals surface area (Å²) in [6.45, 7) is 4.56. The first-order valence-electron chi connectivity index (χ1n) is 6.56. The minimum atomic E-state index is -0.336. The number of benzene rings is 1. The van der Waals surface area contributed by atoms with Crippen LogP contribution in [0.1, 0.15) is 18.4 Å². The van der Waals surface area contributed by atoms with Crippen LogP contribution in [0.2, 0.25) is 0 Å². The van der Waals surface area contributed by atoms with E-state index in [2.05, 4.69) is 34.6 Å². The van der Waals surface area contributed by atoms with Crippen LogP contribution in [0.4, 0.5) is 5.69 Å². The fourth-order valence-corrected chi connectivity index (χ4v) is 3.11. The fourth-order valence-electron chi connectivity index (χ4n) is 3.11. The normalized spacial score (nSPS) is 22.3. The Morgan fingerprint density at radius 3 is 2.67 bits per heavy atom. The molecular formula is C14H19N3O. The van der Waals surface area contributed by atoms with E-state index in [4.69, 9.17) is 0 Å². The molecule has 96 valence electrons. The van der Waals surface area contributed by atoms with E-state index in [1.807, 2.05) is 12.1 Å². The molecule has 0 atom stereocenters. The Labute approximate surface area is 107 Å². The van der Waals surface area contributed by atoms with E-state index in [-0.39, 0.29) is 11.4 Å². The highest BCUT2D eigenvalue weighted by molar-refractivity contribution is 5.93. The van der Waals surface area contributed by atoms with Crippen LogP contribution in [0.25, 0.3) is 0 Å². The Morgan fingerprint density at radius 1 is 1.22 bits per heavy atom. The summed E-state index contributed by atoms with van der Waals surface area (Å²) in [5.74, 6) is 0.187. The van der Waals surface area contributed by atoms with E-state index in [1.54, 1.807) is 0 Å². The molecule has 1 amide bonds. The van der Waals surface area contributed by atoms with Gasteiger partial charge in [0.25, 0.3) is 0 Å². The van der Waals surface area contributed by atoms with Crippen LogP contribution in [-0.4, -0.2) is 31.2 Å². The van der Waals surface area contributed by atoms with Gasteiger partial charge in [-0.25, -0.2) is 0 Å². The molecule has 1 spiro atoms. The molecule has 2 heterocycles. The van der Waals surface area contributed by atoms with E-state index in [0.717, 1.165) is 25.9 Å². The molecule has 0 aliphatic carbocycles. The lowest BCUT2D eigenvalue weighted by atomic mass is 9.86. The van der Waals surface area contributed by atoms with E-state index in [1.165, 1.54) is 11.3 Å². The molecule has 2 aliphatic rings. The minimum absolute atomic E-state index is 0.187. The summed E-state index contributed by atoms with van der Waals surface area (Å²) >= 11 is 0. The molecule has 2 aliphatic heterocycles. The summed E-state index contributed by atoms with van der Waals surface area (Å²) in [5.41, 5.74) is 2.07. The van der Waals surface area contributed by atoms with Crippen LogP contribution in [0.15, 0.2) is 24.3 Å². The van der Waals surface area contributed by atoms with Gasteiger partial charge in [-0.1, -0.05) is 18.2 Å². The zero-order valence-electron chi connectivity index (χ0n) is 10.7. The van der Waals surface area contributed by atoms with Gasteiger partial charge in [0.15, 0.2) is 0 Å². The lowest BCUT2D eigenvalue weighted by Crippen LogP contribution is -2.55. The van der Waals surface area contributed by atoms with E-state index in [9.17, 15) is 4.79 Å². The van der Waals surface area contributed by atoms with Crippen molar-refractivity contribution >= 4 is 11.6 Å². The number of nitrogens with zero attached hydrogens (tertiary/aromatic N) is 1. The minimum Gasteiger partial charge on any atom is -0.339 e. The zero-order chi connectivity index (χ0) is 12.6. The van der Waals surface area contributed by atoms with Gasteiger partial charge in [-0.15, -0.1) is 0 Å². The van der Waals surface area contributed by atoms with Gasteiger partial charge in [-0.3, -0.25) is 4.79 Å². The monoisotopic (exact) mass is 245 g/mol. The number of aryl methyl sites for hydroxylation is 1. The Morgan fingerprint density at radius 2 is 1.94 bits per heavy atom. The number of para-hydroxylation sites is 1. The van der Waals surface area contributed by atoms with Crippen molar-refractivity contribution in [1.82, 2.24) is 10.6 Å². The summed E-state index contributed by atoms with van der Waals surface area (Å²) in [5, 5.41) is 6.35. The number of nitrogens with one attached hydrogen (secondary N) is 2. The van der Waals surface area contributed by atoms with Crippen molar-refractivity contribution in [3.63, 3.8) is 0 Å². The van der Waals surface area contributed by atoms with Crippen molar-refractivity contribution in [3.05, 3.63) is 29.8 Å². The number of carbonyl (C=O) groups is 1. The van der Waals surface area contributed by atoms with Crippen LogP contribution < -0.4 is 15.5 Å². The molecule has 1 aromatic rings. The average Bonchev–Trinajstić information content (AvgIpc) is 2.69. The molecule has 18 heavy (non-hydrogen) atoms. The molecule has 0 radical (unpaired) electrons. The third-order valence-corrected chi connectivity index (χ3v) is 4.17. The second-order valence-electron chi connectivity index (χ2n) is 5.16. The number of anilines is 1. The Balaban J connectivity index is 2.01. The largest absolute Gasteiger partial charge is 0.339 e. The zero-order valence-corrected chi connectivity index (χ0v) is 10.7. The van der Waals surface area contributed by atoms with Gasteiger partial charge in [0.05, 0.1) is 6.67 Å². The second-order valence-corrected chi connectivity index (χ2v) is 5.16. The predicted octanol–water partition coefficient (Wildman–Crippen LogP) is 1.01. The van der Waals surface area contributed by atoms with Crippen LogP contribution in [0.5, 0.6) is 0 Å². The third-order valence-electron chi connectivity index (χ3n) is 4.17.